The van der Waals surface area contributed by atoms with Gasteiger partial charge in [0.25, 0.3) is 5.91 Å². The number of tetrazole rings is 1. The summed E-state index contributed by atoms with van der Waals surface area (Å²) in [6.07, 6.45) is 0. The van der Waals surface area contributed by atoms with Gasteiger partial charge in [0.2, 0.25) is 11.4 Å². The third-order valence-corrected chi connectivity index (χ3v) is 3.98. The van der Waals surface area contributed by atoms with Crippen LogP contribution in [-0.4, -0.2) is 31.5 Å². The van der Waals surface area contributed by atoms with Crippen LogP contribution >= 0.6 is 0 Å². The lowest BCUT2D eigenvalue weighted by atomic mass is 10.1. The number of fused-ring (bicyclic) bond motifs is 1. The Morgan fingerprint density at radius 2 is 1.96 bits per heavy atom. The molecule has 0 aliphatic heterocycles. The minimum Gasteiger partial charge on any atom is -0.348 e. The first kappa shape index (κ1) is 15.7. The Bertz CT molecular complexity index is 1130. The summed E-state index contributed by atoms with van der Waals surface area (Å²) in [6, 6.07) is 16.0. The van der Waals surface area contributed by atoms with Crippen LogP contribution in [0.1, 0.15) is 15.9 Å². The van der Waals surface area contributed by atoms with Crippen LogP contribution in [0.5, 0.6) is 0 Å². The summed E-state index contributed by atoms with van der Waals surface area (Å²) in [4.78, 5) is 27.1. The first-order valence-corrected chi connectivity index (χ1v) is 7.94. The summed E-state index contributed by atoms with van der Waals surface area (Å²) >= 11 is 0. The molecule has 1 amide bonds. The smallest absolute Gasteiger partial charge is 0.252 e. The van der Waals surface area contributed by atoms with Gasteiger partial charge in [-0.3, -0.25) is 9.59 Å². The molecule has 4 rings (SSSR count). The van der Waals surface area contributed by atoms with Gasteiger partial charge in [0.05, 0.1) is 5.56 Å². The molecule has 0 saturated carbocycles. The van der Waals surface area contributed by atoms with Gasteiger partial charge < -0.3 is 10.3 Å². The first-order chi connectivity index (χ1) is 12.7. The number of pyridine rings is 1. The molecule has 0 aliphatic carbocycles. The molecule has 0 saturated heterocycles. The van der Waals surface area contributed by atoms with E-state index in [1.807, 2.05) is 36.4 Å². The Morgan fingerprint density at radius 1 is 1.08 bits per heavy atom. The van der Waals surface area contributed by atoms with Crippen LogP contribution in [0.4, 0.5) is 0 Å². The summed E-state index contributed by atoms with van der Waals surface area (Å²) in [5.41, 5.74) is 2.35. The highest BCUT2D eigenvalue weighted by Gasteiger charge is 2.12. The standard InChI is InChI=1S/C18H14N6O2/c25-16-9-14(13-6-1-2-7-15(13)20-16)18(26)19-10-11-4-3-5-12(8-11)17-21-23-24-22-17/h1-9H,10H2,(H,19,26)(H,20,25)(H,21,22,23,24). The number of hydrogen-bond acceptors (Lipinski definition) is 5. The van der Waals surface area contributed by atoms with E-state index in [9.17, 15) is 9.59 Å². The summed E-state index contributed by atoms with van der Waals surface area (Å²) in [5.74, 6) is 0.177. The van der Waals surface area contributed by atoms with Crippen molar-refractivity contribution >= 4 is 16.8 Å². The Hall–Kier alpha value is -3.81. The maximum Gasteiger partial charge on any atom is 0.252 e. The number of nitrogens with one attached hydrogen (secondary N) is 3. The highest BCUT2D eigenvalue weighted by Crippen LogP contribution is 2.16. The minimum atomic E-state index is -0.312. The fraction of sp³-hybridized carbons (Fsp3) is 0.0556. The Morgan fingerprint density at radius 3 is 2.81 bits per heavy atom. The van der Waals surface area contributed by atoms with Crippen molar-refractivity contribution in [1.29, 1.82) is 0 Å². The van der Waals surface area contributed by atoms with Crippen molar-refractivity contribution in [3.8, 4) is 11.4 Å². The molecule has 2 aromatic heterocycles. The van der Waals surface area contributed by atoms with E-state index in [1.54, 1.807) is 12.1 Å². The van der Waals surface area contributed by atoms with Gasteiger partial charge >= 0.3 is 0 Å². The van der Waals surface area contributed by atoms with Crippen molar-refractivity contribution in [3.63, 3.8) is 0 Å². The molecule has 0 radical (unpaired) electrons. The molecule has 2 aromatic carbocycles. The highest BCUT2D eigenvalue weighted by atomic mass is 16.2. The van der Waals surface area contributed by atoms with Gasteiger partial charge in [-0.1, -0.05) is 36.4 Å². The van der Waals surface area contributed by atoms with E-state index in [4.69, 9.17) is 0 Å². The lowest BCUT2D eigenvalue weighted by Crippen LogP contribution is -2.24. The molecule has 0 aliphatic rings. The Kier molecular flexibility index (Phi) is 3.98. The van der Waals surface area contributed by atoms with E-state index in [0.717, 1.165) is 11.1 Å². The highest BCUT2D eigenvalue weighted by molar-refractivity contribution is 6.05. The number of para-hydroxylation sites is 1. The predicted octanol–water partition coefficient (Wildman–Crippen LogP) is 1.64. The maximum atomic E-state index is 12.6. The van der Waals surface area contributed by atoms with Gasteiger partial charge in [-0.2, -0.15) is 5.21 Å². The van der Waals surface area contributed by atoms with Crippen LogP contribution in [-0.2, 0) is 6.54 Å². The van der Waals surface area contributed by atoms with Crippen LogP contribution in [0, 0.1) is 0 Å². The van der Waals surface area contributed by atoms with Crippen molar-refractivity contribution in [2.45, 2.75) is 6.54 Å². The molecule has 0 fully saturated rings. The van der Waals surface area contributed by atoms with Crippen molar-refractivity contribution in [2.24, 2.45) is 0 Å². The summed E-state index contributed by atoms with van der Waals surface area (Å²) in [6.45, 7) is 0.311. The zero-order valence-corrected chi connectivity index (χ0v) is 13.6. The minimum absolute atomic E-state index is 0.308. The van der Waals surface area contributed by atoms with Gasteiger partial charge in [-0.05, 0) is 22.9 Å². The molecule has 0 unspecified atom stereocenters. The molecule has 26 heavy (non-hydrogen) atoms. The van der Waals surface area contributed by atoms with E-state index >= 15 is 0 Å². The number of nitrogens with zero attached hydrogens (tertiary/aromatic N) is 3. The number of amides is 1. The third-order valence-electron chi connectivity index (χ3n) is 3.98. The van der Waals surface area contributed by atoms with Gasteiger partial charge in [-0.25, -0.2) is 0 Å². The van der Waals surface area contributed by atoms with E-state index in [2.05, 4.69) is 30.9 Å². The van der Waals surface area contributed by atoms with Crippen LogP contribution in [0.2, 0.25) is 0 Å². The molecule has 8 heteroatoms. The zero-order chi connectivity index (χ0) is 17.9. The lowest BCUT2D eigenvalue weighted by molar-refractivity contribution is 0.0952. The average Bonchev–Trinajstić information content (AvgIpc) is 3.20. The zero-order valence-electron chi connectivity index (χ0n) is 13.6. The van der Waals surface area contributed by atoms with Crippen LogP contribution < -0.4 is 10.9 Å². The summed E-state index contributed by atoms with van der Waals surface area (Å²) in [7, 11) is 0. The molecular weight excluding hydrogens is 332 g/mol. The Labute approximate surface area is 147 Å². The number of carbonyl (C=O) groups excluding carboxylic acids is 1. The van der Waals surface area contributed by atoms with Crippen LogP contribution in [0.3, 0.4) is 0 Å². The van der Waals surface area contributed by atoms with Gasteiger partial charge in [0.15, 0.2) is 0 Å². The fourth-order valence-electron chi connectivity index (χ4n) is 2.77. The van der Waals surface area contributed by atoms with Crippen molar-refractivity contribution < 1.29 is 4.79 Å². The summed E-state index contributed by atoms with van der Waals surface area (Å²) < 4.78 is 0. The van der Waals surface area contributed by atoms with E-state index in [1.165, 1.54) is 6.07 Å². The molecular formula is C18H14N6O2. The number of aromatic amines is 2. The van der Waals surface area contributed by atoms with E-state index in [-0.39, 0.29) is 11.5 Å². The van der Waals surface area contributed by atoms with Crippen molar-refractivity contribution in [1.82, 2.24) is 30.9 Å². The average molecular weight is 346 g/mol. The number of rotatable bonds is 4. The molecule has 0 bridgehead atoms. The lowest BCUT2D eigenvalue weighted by Gasteiger charge is -2.08. The summed E-state index contributed by atoms with van der Waals surface area (Å²) in [5, 5.41) is 17.4. The second kappa shape index (κ2) is 6.60. The quantitative estimate of drug-likeness (QED) is 0.519. The topological polar surface area (TPSA) is 116 Å². The molecule has 3 N–H and O–H groups in total. The van der Waals surface area contributed by atoms with E-state index < -0.39 is 0 Å². The Balaban J connectivity index is 1.57. The SMILES string of the molecule is O=C(NCc1cccc(-c2nn[nH]n2)c1)c1cc(=O)[nH]c2ccccc12. The molecule has 0 spiro atoms. The van der Waals surface area contributed by atoms with Crippen LogP contribution in [0.25, 0.3) is 22.3 Å². The first-order valence-electron chi connectivity index (χ1n) is 7.94. The predicted molar refractivity (Wildman–Crippen MR) is 95.4 cm³/mol. The number of H-pyrrole nitrogens is 2. The number of hydrogen-bond donors (Lipinski definition) is 3. The molecule has 8 nitrogen and oxygen atoms in total. The van der Waals surface area contributed by atoms with E-state index in [0.29, 0.717) is 28.8 Å². The normalized spacial score (nSPS) is 10.8. The molecule has 128 valence electrons. The van der Waals surface area contributed by atoms with Crippen molar-refractivity contribution in [3.05, 3.63) is 76.1 Å². The van der Waals surface area contributed by atoms with Crippen LogP contribution in [0.15, 0.2) is 59.4 Å². The molecule has 4 aromatic rings. The second-order valence-corrected chi connectivity index (χ2v) is 5.71. The van der Waals surface area contributed by atoms with Gasteiger partial charge in [0.1, 0.15) is 0 Å². The number of aromatic nitrogens is 5. The molecule has 2 heterocycles. The second-order valence-electron chi connectivity index (χ2n) is 5.71. The largest absolute Gasteiger partial charge is 0.348 e. The number of benzene rings is 2. The molecule has 0 atom stereocenters. The maximum absolute atomic E-state index is 12.6. The fourth-order valence-corrected chi connectivity index (χ4v) is 2.77. The monoisotopic (exact) mass is 346 g/mol. The third kappa shape index (κ3) is 3.07. The number of carbonyl (C=O) groups is 1. The van der Waals surface area contributed by atoms with Gasteiger partial charge in [-0.15, -0.1) is 10.2 Å². The van der Waals surface area contributed by atoms with Gasteiger partial charge in [0, 0.05) is 29.1 Å². The van der Waals surface area contributed by atoms with Crippen molar-refractivity contribution in [2.75, 3.05) is 0 Å².